The van der Waals surface area contributed by atoms with Gasteiger partial charge >= 0.3 is 5.97 Å². The second kappa shape index (κ2) is 8.30. The smallest absolute Gasteiger partial charge is 0.313 e. The predicted molar refractivity (Wildman–Crippen MR) is 103 cm³/mol. The van der Waals surface area contributed by atoms with Crippen LogP contribution >= 0.6 is 27.7 Å². The van der Waals surface area contributed by atoms with E-state index in [9.17, 15) is 4.79 Å². The molecule has 0 amide bonds. The zero-order valence-corrected chi connectivity index (χ0v) is 15.6. The molecule has 0 unspecified atom stereocenters. The van der Waals surface area contributed by atoms with Crippen molar-refractivity contribution in [3.8, 4) is 0 Å². The standard InChI is InChI=1S/C17H18BrN3O2S/c1-2-11-7-8-12(14-6-4-3-5-13(11)14)9-21(16(18)19)17(20)24-10-15(22)23/h3-8,19-20H,2,9-10H2,1H3,(H,22,23). The van der Waals surface area contributed by atoms with Gasteiger partial charge in [0.15, 0.2) is 9.91 Å². The highest BCUT2D eigenvalue weighted by Gasteiger charge is 2.17. The number of hydrogen-bond donors (Lipinski definition) is 3. The third-order valence-electron chi connectivity index (χ3n) is 3.63. The van der Waals surface area contributed by atoms with E-state index in [1.54, 1.807) is 0 Å². The lowest BCUT2D eigenvalue weighted by Gasteiger charge is -2.23. The predicted octanol–water partition coefficient (Wildman–Crippen LogP) is 4.29. The van der Waals surface area contributed by atoms with Crippen LogP contribution < -0.4 is 0 Å². The molecule has 0 aromatic heterocycles. The summed E-state index contributed by atoms with van der Waals surface area (Å²) in [7, 11) is 0. The maximum absolute atomic E-state index is 10.7. The second-order valence-electron chi connectivity index (χ2n) is 5.15. The Hall–Kier alpha value is -1.86. The first kappa shape index (κ1) is 18.5. The molecule has 0 bridgehead atoms. The summed E-state index contributed by atoms with van der Waals surface area (Å²) in [6, 6.07) is 12.2. The van der Waals surface area contributed by atoms with E-state index in [1.165, 1.54) is 15.8 Å². The Morgan fingerprint density at radius 1 is 1.17 bits per heavy atom. The molecular formula is C17H18BrN3O2S. The summed E-state index contributed by atoms with van der Waals surface area (Å²) in [5, 5.41) is 27.0. The zero-order valence-electron chi connectivity index (χ0n) is 13.2. The zero-order chi connectivity index (χ0) is 17.7. The highest BCUT2D eigenvalue weighted by molar-refractivity contribution is 9.18. The summed E-state index contributed by atoms with van der Waals surface area (Å²) in [6.07, 6.45) is 0.934. The number of nitrogens with one attached hydrogen (secondary N) is 2. The molecule has 0 heterocycles. The van der Waals surface area contributed by atoms with Crippen molar-refractivity contribution in [1.29, 1.82) is 10.8 Å². The number of aliphatic carboxylic acids is 1. The van der Waals surface area contributed by atoms with Crippen molar-refractivity contribution in [2.24, 2.45) is 0 Å². The number of aryl methyl sites for hydroxylation is 1. The summed E-state index contributed by atoms with van der Waals surface area (Å²) in [6.45, 7) is 2.44. The van der Waals surface area contributed by atoms with Crippen LogP contribution in [0.5, 0.6) is 0 Å². The number of hydrogen-bond acceptors (Lipinski definition) is 4. The SMILES string of the molecule is CCc1ccc(CN(C(=N)Br)C(=N)SCC(=O)O)c2ccccc12. The lowest BCUT2D eigenvalue weighted by molar-refractivity contribution is -0.133. The van der Waals surface area contributed by atoms with Gasteiger partial charge in [-0.15, -0.1) is 0 Å². The minimum Gasteiger partial charge on any atom is -0.481 e. The minimum atomic E-state index is -0.983. The van der Waals surface area contributed by atoms with Crippen molar-refractivity contribution in [2.45, 2.75) is 19.9 Å². The van der Waals surface area contributed by atoms with Gasteiger partial charge in [-0.05, 0) is 44.3 Å². The average Bonchev–Trinajstić information content (AvgIpc) is 2.57. The van der Waals surface area contributed by atoms with Crippen molar-refractivity contribution in [1.82, 2.24) is 4.90 Å². The molecule has 0 radical (unpaired) electrons. The molecule has 0 atom stereocenters. The maximum Gasteiger partial charge on any atom is 0.313 e. The first-order valence-electron chi connectivity index (χ1n) is 7.38. The van der Waals surface area contributed by atoms with Gasteiger partial charge in [0.1, 0.15) is 0 Å². The molecule has 2 aromatic carbocycles. The molecule has 7 heteroatoms. The lowest BCUT2D eigenvalue weighted by atomic mass is 9.98. The number of thioether (sulfide) groups is 1. The first-order valence-corrected chi connectivity index (χ1v) is 9.16. The van der Waals surface area contributed by atoms with Crippen LogP contribution in [0.25, 0.3) is 10.8 Å². The van der Waals surface area contributed by atoms with Crippen molar-refractivity contribution in [2.75, 3.05) is 5.75 Å². The summed E-state index contributed by atoms with van der Waals surface area (Å²) in [5.41, 5.74) is 2.25. The number of nitrogens with zero attached hydrogens (tertiary/aromatic N) is 1. The molecule has 24 heavy (non-hydrogen) atoms. The van der Waals surface area contributed by atoms with Gasteiger partial charge in [0, 0.05) is 0 Å². The van der Waals surface area contributed by atoms with Gasteiger partial charge in [0.25, 0.3) is 0 Å². The molecule has 0 fully saturated rings. The number of fused-ring (bicyclic) bond motifs is 1. The molecular weight excluding hydrogens is 390 g/mol. The summed E-state index contributed by atoms with van der Waals surface area (Å²) in [4.78, 5) is 12.1. The van der Waals surface area contributed by atoms with Crippen LogP contribution in [0, 0.1) is 10.8 Å². The van der Waals surface area contributed by atoms with Crippen molar-refractivity contribution < 1.29 is 9.90 Å². The van der Waals surface area contributed by atoms with Crippen LogP contribution in [-0.4, -0.2) is 31.6 Å². The Morgan fingerprint density at radius 2 is 1.75 bits per heavy atom. The highest BCUT2D eigenvalue weighted by atomic mass is 79.9. The van der Waals surface area contributed by atoms with Crippen LogP contribution in [0.3, 0.4) is 0 Å². The Kier molecular flexibility index (Phi) is 6.39. The van der Waals surface area contributed by atoms with Crippen molar-refractivity contribution in [3.63, 3.8) is 0 Å². The van der Waals surface area contributed by atoms with E-state index in [1.807, 2.05) is 24.3 Å². The fourth-order valence-electron chi connectivity index (χ4n) is 2.48. The lowest BCUT2D eigenvalue weighted by Crippen LogP contribution is -2.31. The Morgan fingerprint density at radius 3 is 2.29 bits per heavy atom. The van der Waals surface area contributed by atoms with E-state index < -0.39 is 5.97 Å². The minimum absolute atomic E-state index is 0.0305. The quantitative estimate of drug-likeness (QED) is 0.391. The van der Waals surface area contributed by atoms with Gasteiger partial charge in [0.2, 0.25) is 0 Å². The van der Waals surface area contributed by atoms with Gasteiger partial charge < -0.3 is 5.11 Å². The first-order chi connectivity index (χ1) is 11.4. The van der Waals surface area contributed by atoms with E-state index >= 15 is 0 Å². The molecule has 3 N–H and O–H groups in total. The Labute approximate surface area is 153 Å². The number of carboxylic acid groups (broad SMARTS) is 1. The van der Waals surface area contributed by atoms with Gasteiger partial charge in [-0.1, -0.05) is 55.1 Å². The molecule has 0 aliphatic heterocycles. The molecule has 126 valence electrons. The molecule has 2 rings (SSSR count). The Bertz CT molecular complexity index is 794. The van der Waals surface area contributed by atoms with E-state index in [0.29, 0.717) is 6.54 Å². The fourth-order valence-corrected chi connectivity index (χ4v) is 3.47. The van der Waals surface area contributed by atoms with E-state index in [2.05, 4.69) is 35.0 Å². The highest BCUT2D eigenvalue weighted by Crippen LogP contribution is 2.25. The monoisotopic (exact) mass is 407 g/mol. The largest absolute Gasteiger partial charge is 0.481 e. The van der Waals surface area contributed by atoms with Crippen LogP contribution in [0.1, 0.15) is 18.1 Å². The number of halogens is 1. The van der Waals surface area contributed by atoms with Crippen LogP contribution in [0.4, 0.5) is 0 Å². The topological polar surface area (TPSA) is 88.2 Å². The van der Waals surface area contributed by atoms with E-state index in [4.69, 9.17) is 15.9 Å². The number of carboxylic acids is 1. The third kappa shape index (κ3) is 4.36. The Balaban J connectivity index is 2.33. The summed E-state index contributed by atoms with van der Waals surface area (Å²) >= 11 is 4.00. The maximum atomic E-state index is 10.7. The van der Waals surface area contributed by atoms with E-state index in [0.717, 1.165) is 29.1 Å². The second-order valence-corrected chi connectivity index (χ2v) is 6.86. The molecule has 0 spiro atoms. The third-order valence-corrected chi connectivity index (χ3v) is 4.94. The number of benzene rings is 2. The summed E-state index contributed by atoms with van der Waals surface area (Å²) in [5.74, 6) is -1.19. The molecule has 2 aromatic rings. The van der Waals surface area contributed by atoms with E-state index in [-0.39, 0.29) is 15.7 Å². The van der Waals surface area contributed by atoms with Crippen LogP contribution in [-0.2, 0) is 17.8 Å². The number of carbonyl (C=O) groups is 1. The molecule has 5 nitrogen and oxygen atoms in total. The molecule has 0 saturated heterocycles. The molecule has 0 aliphatic rings. The van der Waals surface area contributed by atoms with Crippen LogP contribution in [0.15, 0.2) is 36.4 Å². The summed E-state index contributed by atoms with van der Waals surface area (Å²) < 4.78 is 0.0361. The number of amidine groups is 2. The van der Waals surface area contributed by atoms with Crippen LogP contribution in [0.2, 0.25) is 0 Å². The van der Waals surface area contributed by atoms with Gasteiger partial charge in [-0.2, -0.15) is 0 Å². The number of rotatable bonds is 5. The van der Waals surface area contributed by atoms with Crippen molar-refractivity contribution in [3.05, 3.63) is 47.5 Å². The van der Waals surface area contributed by atoms with Gasteiger partial charge in [-0.25, -0.2) is 0 Å². The molecule has 0 saturated carbocycles. The molecule has 0 aliphatic carbocycles. The fraction of sp³-hybridized carbons (Fsp3) is 0.235. The van der Waals surface area contributed by atoms with Crippen molar-refractivity contribution >= 4 is 54.3 Å². The normalized spacial score (nSPS) is 10.6. The van der Waals surface area contributed by atoms with Gasteiger partial charge in [-0.3, -0.25) is 20.5 Å². The van der Waals surface area contributed by atoms with Gasteiger partial charge in [0.05, 0.1) is 12.3 Å². The average molecular weight is 408 g/mol.